The van der Waals surface area contributed by atoms with E-state index in [0.717, 1.165) is 0 Å². The zero-order valence-corrected chi connectivity index (χ0v) is 11.0. The molecular formula is C10H18O3P2. The van der Waals surface area contributed by atoms with Crippen LogP contribution in [0, 0.1) is 0 Å². The summed E-state index contributed by atoms with van der Waals surface area (Å²) in [5.74, 6) is 0. The standard InChI is InChI=1S/C10H16P.O3P/c1-11(2,3)9-10-7-5-4-6-8-10;1-4(2)3/h4-8H,9H2,1-3H3;/q+1;-3/p+2. The van der Waals surface area contributed by atoms with Crippen molar-refractivity contribution in [2.24, 2.45) is 0 Å². The second kappa shape index (κ2) is 7.27. The van der Waals surface area contributed by atoms with Crippen LogP contribution in [-0.2, 0) is 6.16 Å². The minimum absolute atomic E-state index is 0. The number of hydrogen-bond donors (Lipinski definition) is 0. The van der Waals surface area contributed by atoms with Gasteiger partial charge in [-0.1, -0.05) is 30.3 Å². The molecule has 0 unspecified atom stereocenters. The third-order valence-corrected chi connectivity index (χ3v) is 2.81. The van der Waals surface area contributed by atoms with Gasteiger partial charge in [-0.05, 0) is 5.56 Å². The van der Waals surface area contributed by atoms with Crippen LogP contribution < -0.4 is 14.7 Å². The van der Waals surface area contributed by atoms with Crippen molar-refractivity contribution in [1.29, 1.82) is 0 Å². The average molecular weight is 248 g/mol. The molecule has 0 fully saturated rings. The highest BCUT2D eigenvalue weighted by atomic mass is 31.2. The number of hydrogen-bond acceptors (Lipinski definition) is 3. The molecule has 0 bridgehead atoms. The van der Waals surface area contributed by atoms with E-state index in [-0.39, 0.29) is 2.85 Å². The van der Waals surface area contributed by atoms with Crippen LogP contribution in [-0.4, -0.2) is 20.0 Å². The van der Waals surface area contributed by atoms with Gasteiger partial charge in [0.25, 0.3) is 0 Å². The highest BCUT2D eigenvalue weighted by molar-refractivity contribution is 7.72. The molecule has 0 aliphatic heterocycles. The van der Waals surface area contributed by atoms with Crippen LogP contribution in [0.25, 0.3) is 0 Å². The summed E-state index contributed by atoms with van der Waals surface area (Å²) in [5, 5.41) is 0. The van der Waals surface area contributed by atoms with Crippen molar-refractivity contribution in [3.8, 4) is 0 Å². The first-order chi connectivity index (χ1) is 6.81. The molecule has 0 N–H and O–H groups in total. The van der Waals surface area contributed by atoms with Gasteiger partial charge in [-0.3, -0.25) is 0 Å². The van der Waals surface area contributed by atoms with Gasteiger partial charge in [0.1, 0.15) is 0 Å². The van der Waals surface area contributed by atoms with Crippen LogP contribution in [0.2, 0.25) is 0 Å². The molecule has 0 saturated carbocycles. The van der Waals surface area contributed by atoms with Crippen LogP contribution >= 0.6 is 15.9 Å². The Balaban J connectivity index is -0.000000289. The molecule has 0 spiro atoms. The van der Waals surface area contributed by atoms with Crippen LogP contribution in [0.5, 0.6) is 0 Å². The maximum absolute atomic E-state index is 8.48. The third kappa shape index (κ3) is 11.9. The Morgan fingerprint density at radius 1 is 1.07 bits per heavy atom. The van der Waals surface area contributed by atoms with Gasteiger partial charge in [-0.15, -0.1) is 0 Å². The van der Waals surface area contributed by atoms with Gasteiger partial charge in [-0.2, -0.15) is 0 Å². The molecule has 0 aliphatic rings. The zero-order chi connectivity index (χ0) is 11.9. The van der Waals surface area contributed by atoms with Gasteiger partial charge in [0.2, 0.25) is 0 Å². The Bertz CT molecular complexity index is 263. The third-order valence-electron chi connectivity index (χ3n) is 1.50. The molecule has 3 nitrogen and oxygen atoms in total. The Morgan fingerprint density at radius 2 is 1.47 bits per heavy atom. The fourth-order valence-corrected chi connectivity index (χ4v) is 2.44. The maximum atomic E-state index is 8.48. The summed E-state index contributed by atoms with van der Waals surface area (Å²) in [6.07, 6.45) is 1.27. The lowest BCUT2D eigenvalue weighted by Gasteiger charge is -2.39. The van der Waals surface area contributed by atoms with E-state index in [2.05, 4.69) is 50.3 Å². The molecule has 0 radical (unpaired) electrons. The summed E-state index contributed by atoms with van der Waals surface area (Å²) >= 11 is 0. The molecule has 5 heteroatoms. The summed E-state index contributed by atoms with van der Waals surface area (Å²) in [4.78, 5) is 25.4. The predicted molar refractivity (Wildman–Crippen MR) is 64.0 cm³/mol. The van der Waals surface area contributed by atoms with Crippen molar-refractivity contribution in [2.45, 2.75) is 6.16 Å². The first kappa shape index (κ1) is 15.0. The Morgan fingerprint density at radius 3 is 1.80 bits per heavy atom. The van der Waals surface area contributed by atoms with Crippen LogP contribution in [0.1, 0.15) is 8.42 Å². The number of benzene rings is 1. The average Bonchev–Trinajstić information content (AvgIpc) is 2.01. The largest absolute Gasteiger partial charge is 1.00 e. The molecule has 1 aromatic carbocycles. The molecule has 1 rings (SSSR count). The van der Waals surface area contributed by atoms with E-state index in [0.29, 0.717) is 0 Å². The highest BCUT2D eigenvalue weighted by Gasteiger charge is 2.16. The normalized spacial score (nSPS) is 10.9. The van der Waals surface area contributed by atoms with E-state index in [1.165, 1.54) is 11.7 Å². The number of rotatable bonds is 2. The van der Waals surface area contributed by atoms with Crippen molar-refractivity contribution in [3.63, 3.8) is 0 Å². The lowest BCUT2D eigenvalue weighted by Crippen LogP contribution is -2.18. The summed E-state index contributed by atoms with van der Waals surface area (Å²) in [7, 11) is -4.01. The molecule has 1 aromatic rings. The smallest absolute Gasteiger partial charge is 0.854 e. The van der Waals surface area contributed by atoms with Gasteiger partial charge in [0.05, 0.1) is 6.16 Å². The Labute approximate surface area is 96.1 Å². The van der Waals surface area contributed by atoms with Gasteiger partial charge in [0.15, 0.2) is 0 Å². The molecule has 0 atom stereocenters. The molecule has 0 heterocycles. The summed E-state index contributed by atoms with van der Waals surface area (Å²) < 4.78 is 0. The highest BCUT2D eigenvalue weighted by Crippen LogP contribution is 2.49. The second-order valence-corrected chi connectivity index (χ2v) is 9.50. The van der Waals surface area contributed by atoms with Crippen molar-refractivity contribution in [3.05, 3.63) is 35.9 Å². The Kier molecular flexibility index (Phi) is 7.25. The minimum Gasteiger partial charge on any atom is -0.854 e. The molecule has 0 saturated heterocycles. The first-order valence-electron chi connectivity index (χ1n) is 4.47. The van der Waals surface area contributed by atoms with E-state index in [1.54, 1.807) is 0 Å². The molecule has 0 aliphatic carbocycles. The van der Waals surface area contributed by atoms with E-state index < -0.39 is 15.9 Å². The second-order valence-electron chi connectivity index (χ2n) is 4.16. The minimum atomic E-state index is -3.37. The van der Waals surface area contributed by atoms with E-state index in [9.17, 15) is 0 Å². The molecule has 86 valence electrons. The van der Waals surface area contributed by atoms with E-state index >= 15 is 0 Å². The fourth-order valence-electron chi connectivity index (χ4n) is 1.13. The lowest BCUT2D eigenvalue weighted by atomic mass is 10.2. The molecule has 15 heavy (non-hydrogen) atoms. The van der Waals surface area contributed by atoms with Gasteiger partial charge in [-0.25, -0.2) is 0 Å². The van der Waals surface area contributed by atoms with Crippen LogP contribution in [0.3, 0.4) is 0 Å². The van der Waals surface area contributed by atoms with Crippen molar-refractivity contribution in [1.82, 2.24) is 0 Å². The van der Waals surface area contributed by atoms with Gasteiger partial charge < -0.3 is 23.3 Å². The van der Waals surface area contributed by atoms with Crippen molar-refractivity contribution >= 4 is 15.9 Å². The van der Waals surface area contributed by atoms with Gasteiger partial charge >= 0.3 is 2.85 Å². The first-order valence-corrected chi connectivity index (χ1v) is 8.88. The van der Waals surface area contributed by atoms with Crippen molar-refractivity contribution < 1.29 is 17.5 Å². The predicted octanol–water partition coefficient (Wildman–Crippen LogP) is 0.613. The molecule has 0 aromatic heterocycles. The van der Waals surface area contributed by atoms with Crippen LogP contribution in [0.15, 0.2) is 30.3 Å². The quantitative estimate of drug-likeness (QED) is 0.720. The van der Waals surface area contributed by atoms with Gasteiger partial charge in [0, 0.05) is 27.3 Å². The lowest BCUT2D eigenvalue weighted by molar-refractivity contribution is -0.407. The summed E-state index contributed by atoms with van der Waals surface area (Å²) in [6, 6.07) is 10.7. The van der Waals surface area contributed by atoms with E-state index in [1.807, 2.05) is 0 Å². The SMILES string of the molecule is C[P+](C)(C)Cc1ccccc1.[H+].[H+].[O-]P([O-])[O-]. The van der Waals surface area contributed by atoms with E-state index in [4.69, 9.17) is 14.7 Å². The molecular weight excluding hydrogens is 230 g/mol. The topological polar surface area (TPSA) is 69.2 Å². The van der Waals surface area contributed by atoms with Crippen molar-refractivity contribution in [2.75, 3.05) is 20.0 Å². The summed E-state index contributed by atoms with van der Waals surface area (Å²) in [5.41, 5.74) is 1.48. The zero-order valence-electron chi connectivity index (χ0n) is 11.2. The monoisotopic (exact) mass is 248 g/mol. The fraction of sp³-hybridized carbons (Fsp3) is 0.400. The molecule has 0 amide bonds. The van der Waals surface area contributed by atoms with Crippen LogP contribution in [0.4, 0.5) is 0 Å². The Hall–Kier alpha value is -0.0400. The summed E-state index contributed by atoms with van der Waals surface area (Å²) in [6.45, 7) is 7.12. The maximum Gasteiger partial charge on any atom is 1.00 e.